The van der Waals surface area contributed by atoms with Crippen LogP contribution in [0, 0.1) is 0 Å². The van der Waals surface area contributed by atoms with E-state index in [1.165, 1.54) is 0 Å². The highest BCUT2D eigenvalue weighted by Crippen LogP contribution is 2.00. The van der Waals surface area contributed by atoms with Gasteiger partial charge in [0.1, 0.15) is 0 Å². The summed E-state index contributed by atoms with van der Waals surface area (Å²) >= 11 is 0. The Bertz CT molecular complexity index is 536. The number of nitrogens with one attached hydrogen (secondary N) is 1. The first kappa shape index (κ1) is 11.3. The van der Waals surface area contributed by atoms with E-state index in [1.807, 2.05) is 19.1 Å². The van der Waals surface area contributed by atoms with Crippen LogP contribution in [0.3, 0.4) is 0 Å². The van der Waals surface area contributed by atoms with Gasteiger partial charge < -0.3 is 9.88 Å². The van der Waals surface area contributed by atoms with Crippen molar-refractivity contribution >= 4 is 5.82 Å². The van der Waals surface area contributed by atoms with Crippen LogP contribution in [-0.2, 0) is 13.1 Å². The van der Waals surface area contributed by atoms with E-state index in [0.717, 1.165) is 5.56 Å². The van der Waals surface area contributed by atoms with Gasteiger partial charge in [0.05, 0.1) is 0 Å². The number of hydrogen-bond donors (Lipinski definition) is 1. The van der Waals surface area contributed by atoms with Gasteiger partial charge in [0.25, 0.3) is 5.56 Å². The van der Waals surface area contributed by atoms with E-state index in [2.05, 4.69) is 15.3 Å². The molecule has 0 atom stereocenters. The molecule has 0 fully saturated rings. The van der Waals surface area contributed by atoms with Crippen LogP contribution >= 0.6 is 0 Å². The van der Waals surface area contributed by atoms with Crippen molar-refractivity contribution < 1.29 is 0 Å². The van der Waals surface area contributed by atoms with Gasteiger partial charge in [-0.2, -0.15) is 0 Å². The zero-order valence-corrected chi connectivity index (χ0v) is 9.63. The lowest BCUT2D eigenvalue weighted by atomic mass is 10.3. The van der Waals surface area contributed by atoms with Crippen LogP contribution in [0.25, 0.3) is 0 Å². The van der Waals surface area contributed by atoms with Crippen LogP contribution < -0.4 is 10.9 Å². The molecule has 0 unspecified atom stereocenters. The van der Waals surface area contributed by atoms with Gasteiger partial charge in [-0.15, -0.1) is 0 Å². The quantitative estimate of drug-likeness (QED) is 0.859. The number of pyridine rings is 1. The fourth-order valence-electron chi connectivity index (χ4n) is 1.51. The molecule has 2 aromatic rings. The fraction of sp³-hybridized carbons (Fsp3) is 0.250. The second-order valence-corrected chi connectivity index (χ2v) is 3.58. The van der Waals surface area contributed by atoms with Crippen LogP contribution in [-0.4, -0.2) is 14.5 Å². The van der Waals surface area contributed by atoms with Crippen LogP contribution in [0.4, 0.5) is 5.82 Å². The molecule has 0 aliphatic rings. The molecule has 0 amide bonds. The van der Waals surface area contributed by atoms with Crippen molar-refractivity contribution in [2.45, 2.75) is 20.0 Å². The molecule has 0 saturated carbocycles. The number of anilines is 1. The molecular weight excluding hydrogens is 216 g/mol. The van der Waals surface area contributed by atoms with E-state index in [-0.39, 0.29) is 5.56 Å². The Hall–Kier alpha value is -2.17. The van der Waals surface area contributed by atoms with Crippen LogP contribution in [0.5, 0.6) is 0 Å². The third-order valence-electron chi connectivity index (χ3n) is 2.44. The van der Waals surface area contributed by atoms with Crippen molar-refractivity contribution in [3.8, 4) is 0 Å². The van der Waals surface area contributed by atoms with Gasteiger partial charge >= 0.3 is 0 Å². The molecule has 0 bridgehead atoms. The predicted molar refractivity (Wildman–Crippen MR) is 65.7 cm³/mol. The van der Waals surface area contributed by atoms with Crippen molar-refractivity contribution in [1.29, 1.82) is 0 Å². The maximum absolute atomic E-state index is 11.8. The van der Waals surface area contributed by atoms with Gasteiger partial charge in [-0.05, 0) is 18.6 Å². The Balaban J connectivity index is 2.12. The summed E-state index contributed by atoms with van der Waals surface area (Å²) in [6, 6.07) is 3.81. The van der Waals surface area contributed by atoms with Gasteiger partial charge in [0.15, 0.2) is 5.82 Å². The van der Waals surface area contributed by atoms with Gasteiger partial charge in [0, 0.05) is 37.9 Å². The van der Waals surface area contributed by atoms with E-state index < -0.39 is 0 Å². The summed E-state index contributed by atoms with van der Waals surface area (Å²) in [7, 11) is 0. The number of aryl methyl sites for hydroxylation is 1. The standard InChI is InChI=1S/C12H14N4O/c1-2-16-7-6-14-11(12(16)17)15-9-10-4-3-5-13-8-10/h3-8H,2,9H2,1H3,(H,14,15). The average molecular weight is 230 g/mol. The lowest BCUT2D eigenvalue weighted by Gasteiger charge is -2.06. The normalized spacial score (nSPS) is 10.2. The van der Waals surface area contributed by atoms with Crippen molar-refractivity contribution in [3.63, 3.8) is 0 Å². The molecule has 5 heteroatoms. The van der Waals surface area contributed by atoms with Gasteiger partial charge in [-0.25, -0.2) is 4.98 Å². The van der Waals surface area contributed by atoms with Gasteiger partial charge in [-0.3, -0.25) is 9.78 Å². The zero-order valence-electron chi connectivity index (χ0n) is 9.63. The molecule has 0 aliphatic carbocycles. The lowest BCUT2D eigenvalue weighted by Crippen LogP contribution is -2.23. The molecule has 2 heterocycles. The third kappa shape index (κ3) is 2.69. The second kappa shape index (κ2) is 5.25. The summed E-state index contributed by atoms with van der Waals surface area (Å²) in [5.41, 5.74) is 0.916. The van der Waals surface area contributed by atoms with Crippen LogP contribution in [0.15, 0.2) is 41.7 Å². The van der Waals surface area contributed by atoms with E-state index in [9.17, 15) is 4.79 Å². The van der Waals surface area contributed by atoms with E-state index in [0.29, 0.717) is 18.9 Å². The maximum Gasteiger partial charge on any atom is 0.293 e. The Morgan fingerprint density at radius 2 is 2.29 bits per heavy atom. The molecule has 17 heavy (non-hydrogen) atoms. The fourth-order valence-corrected chi connectivity index (χ4v) is 1.51. The molecule has 1 N–H and O–H groups in total. The summed E-state index contributed by atoms with van der Waals surface area (Å²) in [6.45, 7) is 3.11. The molecule has 0 radical (unpaired) electrons. The Labute approximate surface area is 99.2 Å². The topological polar surface area (TPSA) is 59.8 Å². The van der Waals surface area contributed by atoms with Crippen molar-refractivity contribution in [2.75, 3.05) is 5.32 Å². The van der Waals surface area contributed by atoms with E-state index in [4.69, 9.17) is 0 Å². The monoisotopic (exact) mass is 230 g/mol. The largest absolute Gasteiger partial charge is 0.361 e. The summed E-state index contributed by atoms with van der Waals surface area (Å²) in [5.74, 6) is 0.373. The molecular formula is C12H14N4O. The second-order valence-electron chi connectivity index (χ2n) is 3.58. The molecule has 0 aromatic carbocycles. The smallest absolute Gasteiger partial charge is 0.293 e. The molecule has 2 aromatic heterocycles. The Kier molecular flexibility index (Phi) is 3.49. The predicted octanol–water partition coefficient (Wildman–Crippen LogP) is 1.27. The molecule has 88 valence electrons. The number of nitrogens with zero attached hydrogens (tertiary/aromatic N) is 3. The van der Waals surface area contributed by atoms with Crippen LogP contribution in [0.2, 0.25) is 0 Å². The summed E-state index contributed by atoms with van der Waals surface area (Å²) in [6.07, 6.45) is 6.77. The summed E-state index contributed by atoms with van der Waals surface area (Å²) < 4.78 is 1.61. The number of rotatable bonds is 4. The van der Waals surface area contributed by atoms with Gasteiger partial charge in [-0.1, -0.05) is 6.07 Å². The Morgan fingerprint density at radius 1 is 1.41 bits per heavy atom. The SMILES string of the molecule is CCn1ccnc(NCc2cccnc2)c1=O. The highest BCUT2D eigenvalue weighted by molar-refractivity contribution is 5.32. The third-order valence-corrected chi connectivity index (χ3v) is 2.44. The minimum absolute atomic E-state index is 0.0982. The number of aromatic nitrogens is 3. The van der Waals surface area contributed by atoms with Crippen molar-refractivity contribution in [3.05, 3.63) is 52.8 Å². The molecule has 0 aliphatic heterocycles. The van der Waals surface area contributed by atoms with Crippen molar-refractivity contribution in [2.24, 2.45) is 0 Å². The average Bonchev–Trinajstić information content (AvgIpc) is 2.39. The van der Waals surface area contributed by atoms with Crippen molar-refractivity contribution in [1.82, 2.24) is 14.5 Å². The maximum atomic E-state index is 11.8. The minimum atomic E-state index is -0.0982. The minimum Gasteiger partial charge on any atom is -0.361 e. The first-order valence-corrected chi connectivity index (χ1v) is 5.49. The van der Waals surface area contributed by atoms with E-state index >= 15 is 0 Å². The number of hydrogen-bond acceptors (Lipinski definition) is 4. The summed E-state index contributed by atoms with van der Waals surface area (Å²) in [5, 5.41) is 3.02. The first-order chi connectivity index (χ1) is 8.31. The zero-order chi connectivity index (χ0) is 12.1. The highest BCUT2D eigenvalue weighted by Gasteiger charge is 2.02. The molecule has 0 spiro atoms. The Morgan fingerprint density at radius 3 is 3.00 bits per heavy atom. The van der Waals surface area contributed by atoms with Crippen LogP contribution in [0.1, 0.15) is 12.5 Å². The summed E-state index contributed by atoms with van der Waals surface area (Å²) in [4.78, 5) is 19.9. The van der Waals surface area contributed by atoms with Gasteiger partial charge in [0.2, 0.25) is 0 Å². The molecule has 0 saturated heterocycles. The lowest BCUT2D eigenvalue weighted by molar-refractivity contribution is 0.718. The van der Waals surface area contributed by atoms with E-state index in [1.54, 1.807) is 29.4 Å². The first-order valence-electron chi connectivity index (χ1n) is 5.49. The molecule has 2 rings (SSSR count). The molecule has 5 nitrogen and oxygen atoms in total. The highest BCUT2D eigenvalue weighted by atomic mass is 16.1.